The second-order valence-electron chi connectivity index (χ2n) is 6.35. The van der Waals surface area contributed by atoms with Crippen molar-refractivity contribution >= 4 is 5.91 Å². The fourth-order valence-corrected chi connectivity index (χ4v) is 2.85. The fourth-order valence-electron chi connectivity index (χ4n) is 2.85. The summed E-state index contributed by atoms with van der Waals surface area (Å²) < 4.78 is 3.71. The molecule has 0 saturated heterocycles. The molecule has 0 aliphatic rings. The number of hydrogen-bond donors (Lipinski definition) is 1. The lowest BCUT2D eigenvalue weighted by Gasteiger charge is -2.19. The number of carbonyl (C=O) groups is 1. The van der Waals surface area contributed by atoms with Crippen LogP contribution in [0.1, 0.15) is 42.9 Å². The number of nitrogens with zero attached hydrogens (tertiary/aromatic N) is 4. The normalized spacial score (nSPS) is 13.4. The van der Waals surface area contributed by atoms with Crippen LogP contribution in [-0.4, -0.2) is 25.2 Å². The smallest absolute Gasteiger partial charge is 0.243 e. The zero-order chi connectivity index (χ0) is 18.0. The molecule has 25 heavy (non-hydrogen) atoms. The molecular weight excluding hydrogens is 314 g/mol. The number of amides is 1. The molecule has 0 fully saturated rings. The predicted octanol–water partition coefficient (Wildman–Crippen LogP) is 3.12. The molecule has 1 N–H and O–H groups in total. The van der Waals surface area contributed by atoms with Crippen molar-refractivity contribution in [3.05, 3.63) is 66.0 Å². The van der Waals surface area contributed by atoms with E-state index in [1.807, 2.05) is 62.7 Å². The van der Waals surface area contributed by atoms with Crippen molar-refractivity contribution in [1.82, 2.24) is 24.6 Å². The van der Waals surface area contributed by atoms with Gasteiger partial charge in [-0.2, -0.15) is 5.10 Å². The molecular formula is C19H23N5O. The monoisotopic (exact) mass is 337 g/mol. The van der Waals surface area contributed by atoms with Gasteiger partial charge < -0.3 is 9.88 Å². The van der Waals surface area contributed by atoms with Gasteiger partial charge in [-0.3, -0.25) is 4.79 Å². The molecule has 1 aromatic carbocycles. The minimum atomic E-state index is -0.293. The molecule has 0 radical (unpaired) electrons. The van der Waals surface area contributed by atoms with Crippen molar-refractivity contribution in [1.29, 1.82) is 0 Å². The van der Waals surface area contributed by atoms with Gasteiger partial charge in [0.2, 0.25) is 5.91 Å². The maximum absolute atomic E-state index is 12.4. The molecule has 130 valence electrons. The number of aromatic nitrogens is 4. The highest BCUT2D eigenvalue weighted by Crippen LogP contribution is 2.18. The molecule has 0 unspecified atom stereocenters. The first kappa shape index (κ1) is 17.0. The molecule has 3 aromatic rings. The molecule has 6 heteroatoms. The Kier molecular flexibility index (Phi) is 4.70. The van der Waals surface area contributed by atoms with Crippen molar-refractivity contribution in [2.45, 2.75) is 39.8 Å². The van der Waals surface area contributed by atoms with Crippen LogP contribution < -0.4 is 5.32 Å². The van der Waals surface area contributed by atoms with E-state index in [9.17, 15) is 4.79 Å². The fraction of sp³-hybridized carbons (Fsp3) is 0.316. The SMILES string of the molecule is Cc1cc(C)n(-c2ccc([C@@H](C)NC(=O)[C@@H](C)n3ccnc3)cc2)n1. The number of aryl methyl sites for hydroxylation is 2. The zero-order valence-corrected chi connectivity index (χ0v) is 15.0. The van der Waals surface area contributed by atoms with Gasteiger partial charge in [-0.25, -0.2) is 9.67 Å². The molecule has 6 nitrogen and oxygen atoms in total. The molecule has 2 atom stereocenters. The van der Waals surface area contributed by atoms with E-state index in [1.165, 1.54) is 0 Å². The summed E-state index contributed by atoms with van der Waals surface area (Å²) >= 11 is 0. The average molecular weight is 337 g/mol. The van der Waals surface area contributed by atoms with Crippen molar-refractivity contribution in [2.75, 3.05) is 0 Å². The number of imidazole rings is 1. The topological polar surface area (TPSA) is 64.7 Å². The number of hydrogen-bond acceptors (Lipinski definition) is 3. The van der Waals surface area contributed by atoms with Crippen LogP contribution in [0.3, 0.4) is 0 Å². The standard InChI is InChI=1S/C19H23N5O/c1-13-11-14(2)24(22-13)18-7-5-17(6-8-18)15(3)21-19(25)16(4)23-10-9-20-12-23/h5-12,15-16H,1-4H3,(H,21,25)/t15-,16-/m1/s1. The van der Waals surface area contributed by atoms with Gasteiger partial charge in [-0.05, 0) is 51.5 Å². The van der Waals surface area contributed by atoms with Crippen LogP contribution in [-0.2, 0) is 4.79 Å². The minimum absolute atomic E-state index is 0.0341. The molecule has 2 aromatic heterocycles. The van der Waals surface area contributed by atoms with Crippen LogP contribution in [0, 0.1) is 13.8 Å². The lowest BCUT2D eigenvalue weighted by Crippen LogP contribution is -2.32. The van der Waals surface area contributed by atoms with Gasteiger partial charge in [0.15, 0.2) is 0 Å². The van der Waals surface area contributed by atoms with Gasteiger partial charge >= 0.3 is 0 Å². The summed E-state index contributed by atoms with van der Waals surface area (Å²) in [6.07, 6.45) is 5.11. The zero-order valence-electron chi connectivity index (χ0n) is 15.0. The number of nitrogens with one attached hydrogen (secondary N) is 1. The van der Waals surface area contributed by atoms with Crippen LogP contribution in [0.2, 0.25) is 0 Å². The largest absolute Gasteiger partial charge is 0.348 e. The third-order valence-corrected chi connectivity index (χ3v) is 4.36. The van der Waals surface area contributed by atoms with Crippen molar-refractivity contribution < 1.29 is 4.79 Å². The number of rotatable bonds is 5. The van der Waals surface area contributed by atoms with Gasteiger partial charge in [-0.1, -0.05) is 12.1 Å². The van der Waals surface area contributed by atoms with Crippen LogP contribution in [0.4, 0.5) is 0 Å². The molecule has 0 spiro atoms. The van der Waals surface area contributed by atoms with E-state index < -0.39 is 0 Å². The Morgan fingerprint density at radius 3 is 2.44 bits per heavy atom. The summed E-state index contributed by atoms with van der Waals surface area (Å²) in [5.41, 5.74) is 4.16. The van der Waals surface area contributed by atoms with E-state index in [0.29, 0.717) is 0 Å². The first-order chi connectivity index (χ1) is 12.0. The molecule has 0 aliphatic heterocycles. The first-order valence-electron chi connectivity index (χ1n) is 8.37. The van der Waals surface area contributed by atoms with Crippen molar-refractivity contribution in [3.63, 3.8) is 0 Å². The average Bonchev–Trinajstić information content (AvgIpc) is 3.23. The molecule has 0 aliphatic carbocycles. The minimum Gasteiger partial charge on any atom is -0.348 e. The number of carbonyl (C=O) groups excluding carboxylic acids is 1. The Bertz CT molecular complexity index is 849. The quantitative estimate of drug-likeness (QED) is 0.778. The number of benzene rings is 1. The lowest BCUT2D eigenvalue weighted by molar-refractivity contribution is -0.124. The van der Waals surface area contributed by atoms with Gasteiger partial charge in [-0.15, -0.1) is 0 Å². The van der Waals surface area contributed by atoms with Crippen molar-refractivity contribution in [3.8, 4) is 5.69 Å². The van der Waals surface area contributed by atoms with Crippen LogP contribution in [0.5, 0.6) is 0 Å². The molecule has 2 heterocycles. The highest BCUT2D eigenvalue weighted by molar-refractivity contribution is 5.80. The Balaban J connectivity index is 1.69. The highest BCUT2D eigenvalue weighted by Gasteiger charge is 2.17. The third-order valence-electron chi connectivity index (χ3n) is 4.36. The van der Waals surface area contributed by atoms with Crippen LogP contribution in [0.25, 0.3) is 5.69 Å². The Morgan fingerprint density at radius 2 is 1.88 bits per heavy atom. The van der Waals surface area contributed by atoms with E-state index in [4.69, 9.17) is 0 Å². The van der Waals surface area contributed by atoms with Gasteiger partial charge in [0.05, 0.1) is 23.8 Å². The molecule has 0 bridgehead atoms. The van der Waals surface area contributed by atoms with Gasteiger partial charge in [0.25, 0.3) is 0 Å². The van der Waals surface area contributed by atoms with E-state index in [-0.39, 0.29) is 18.0 Å². The summed E-state index contributed by atoms with van der Waals surface area (Å²) in [7, 11) is 0. The second-order valence-corrected chi connectivity index (χ2v) is 6.35. The summed E-state index contributed by atoms with van der Waals surface area (Å²) in [5.74, 6) is -0.0341. The van der Waals surface area contributed by atoms with Crippen LogP contribution in [0.15, 0.2) is 49.1 Å². The third kappa shape index (κ3) is 3.63. The lowest BCUT2D eigenvalue weighted by atomic mass is 10.1. The van der Waals surface area contributed by atoms with E-state index in [0.717, 1.165) is 22.6 Å². The molecule has 1 amide bonds. The van der Waals surface area contributed by atoms with E-state index >= 15 is 0 Å². The van der Waals surface area contributed by atoms with E-state index in [2.05, 4.69) is 15.4 Å². The Morgan fingerprint density at radius 1 is 1.16 bits per heavy atom. The Labute approximate surface area is 147 Å². The Hall–Kier alpha value is -2.89. The summed E-state index contributed by atoms with van der Waals surface area (Å²) in [6.45, 7) is 7.86. The predicted molar refractivity (Wildman–Crippen MR) is 96.5 cm³/mol. The summed E-state index contributed by atoms with van der Waals surface area (Å²) in [4.78, 5) is 16.4. The van der Waals surface area contributed by atoms with E-state index in [1.54, 1.807) is 23.3 Å². The molecule has 3 rings (SSSR count). The highest BCUT2D eigenvalue weighted by atomic mass is 16.2. The molecule has 0 saturated carbocycles. The second kappa shape index (κ2) is 6.93. The van der Waals surface area contributed by atoms with Crippen molar-refractivity contribution in [2.24, 2.45) is 0 Å². The summed E-state index contributed by atoms with van der Waals surface area (Å²) in [5, 5.41) is 7.54. The van der Waals surface area contributed by atoms with Gasteiger partial charge in [0.1, 0.15) is 6.04 Å². The van der Waals surface area contributed by atoms with Gasteiger partial charge in [0, 0.05) is 18.1 Å². The maximum Gasteiger partial charge on any atom is 0.243 e. The maximum atomic E-state index is 12.4. The van der Waals surface area contributed by atoms with Crippen LogP contribution >= 0.6 is 0 Å². The first-order valence-corrected chi connectivity index (χ1v) is 8.37. The summed E-state index contributed by atoms with van der Waals surface area (Å²) in [6, 6.07) is 9.78.